The third-order valence-corrected chi connectivity index (χ3v) is 10.4. The first kappa shape index (κ1) is 53.3. The second kappa shape index (κ2) is 41.9. The van der Waals surface area contributed by atoms with E-state index in [0.29, 0.717) is 6.42 Å². The summed E-state index contributed by atoms with van der Waals surface area (Å²) in [6, 6.07) is 0. The number of esters is 2. The van der Waals surface area contributed by atoms with E-state index >= 15 is 0 Å². The number of hydrogen-bond acceptors (Lipinski definition) is 6. The van der Waals surface area contributed by atoms with Crippen molar-refractivity contribution in [2.45, 2.75) is 232 Å². The molecule has 0 fully saturated rings. The van der Waals surface area contributed by atoms with E-state index in [4.69, 9.17) is 19.3 Å². The van der Waals surface area contributed by atoms with Crippen molar-refractivity contribution in [2.24, 2.45) is 0 Å². The van der Waals surface area contributed by atoms with Gasteiger partial charge in [0, 0.05) is 12.8 Å². The zero-order valence-corrected chi connectivity index (χ0v) is 36.5. The summed E-state index contributed by atoms with van der Waals surface area (Å²) in [5, 5.41) is 0. The fraction of sp³-hybridized carbons (Fsp3) is 0.826. The maximum atomic E-state index is 12.4. The highest BCUT2D eigenvalue weighted by Gasteiger charge is 2.23. The van der Waals surface area contributed by atoms with Crippen LogP contribution in [0.1, 0.15) is 226 Å². The number of carbonyl (C=O) groups excluding carboxylic acids is 2. The molecule has 0 amide bonds. The predicted octanol–water partition coefficient (Wildman–Crippen LogP) is 14.1. The van der Waals surface area contributed by atoms with Gasteiger partial charge in [-0.25, -0.2) is 4.57 Å². The third kappa shape index (κ3) is 44.8. The number of hydrogen-bond donors (Lipinski definition) is 2. The summed E-state index contributed by atoms with van der Waals surface area (Å²) in [4.78, 5) is 42.9. The number of unbranched alkanes of at least 4 members (excludes halogenated alkanes) is 26. The van der Waals surface area contributed by atoms with Gasteiger partial charge in [-0.05, 0) is 44.9 Å². The first-order valence-corrected chi connectivity index (χ1v) is 24.3. The lowest BCUT2D eigenvalue weighted by atomic mass is 10.0. The van der Waals surface area contributed by atoms with E-state index in [1.54, 1.807) is 0 Å². The highest BCUT2D eigenvalue weighted by Crippen LogP contribution is 2.36. The van der Waals surface area contributed by atoms with Gasteiger partial charge < -0.3 is 19.3 Å². The molecule has 322 valence electrons. The van der Waals surface area contributed by atoms with E-state index in [-0.39, 0.29) is 19.4 Å². The number of phosphoric ester groups is 1. The Morgan fingerprint density at radius 1 is 0.491 bits per heavy atom. The zero-order chi connectivity index (χ0) is 40.3. The van der Waals surface area contributed by atoms with Crippen molar-refractivity contribution in [3.8, 4) is 0 Å². The Bertz CT molecular complexity index is 988. The molecule has 0 heterocycles. The van der Waals surface area contributed by atoms with Gasteiger partial charge in [0.1, 0.15) is 6.61 Å². The number of carbonyl (C=O) groups is 2. The first-order chi connectivity index (χ1) is 26.8. The molecule has 0 aromatic carbocycles. The Balaban J connectivity index is 3.85. The van der Waals surface area contributed by atoms with Gasteiger partial charge in [0.05, 0.1) is 6.61 Å². The van der Waals surface area contributed by atoms with Crippen LogP contribution in [0.4, 0.5) is 0 Å². The summed E-state index contributed by atoms with van der Waals surface area (Å²) >= 11 is 0. The second-order valence-electron chi connectivity index (χ2n) is 15.4. The summed E-state index contributed by atoms with van der Waals surface area (Å²) < 4.78 is 26.4. The molecule has 55 heavy (non-hydrogen) atoms. The van der Waals surface area contributed by atoms with Crippen LogP contribution in [-0.2, 0) is 28.2 Å². The van der Waals surface area contributed by atoms with Gasteiger partial charge >= 0.3 is 19.8 Å². The van der Waals surface area contributed by atoms with Crippen LogP contribution in [0.15, 0.2) is 36.5 Å². The lowest BCUT2D eigenvalue weighted by Crippen LogP contribution is -2.29. The highest BCUT2D eigenvalue weighted by molar-refractivity contribution is 7.46. The molecule has 8 nitrogen and oxygen atoms in total. The Hall–Kier alpha value is -1.73. The standard InChI is InChI=1S/C46H85O8P/c1-3-5-7-9-11-13-15-17-19-21-22-23-25-26-28-30-32-34-36-38-40-45(47)52-42-44(43-53-55(49,50)51)54-46(48)41-39-37-35-33-31-29-27-24-20-18-16-14-12-10-8-6-4-2/h6,8,12,14,18,20,44H,3-5,7,9-11,13,15-17,19,21-43H2,1-2H3,(H2,49,50,51)/b8-6-,14-12-,20-18-. The smallest absolute Gasteiger partial charge is 0.462 e. The van der Waals surface area contributed by atoms with E-state index < -0.39 is 32.5 Å². The molecule has 0 aliphatic heterocycles. The van der Waals surface area contributed by atoms with Crippen molar-refractivity contribution in [3.05, 3.63) is 36.5 Å². The Morgan fingerprint density at radius 3 is 1.31 bits per heavy atom. The maximum Gasteiger partial charge on any atom is 0.469 e. The lowest BCUT2D eigenvalue weighted by molar-refractivity contribution is -0.161. The second-order valence-corrected chi connectivity index (χ2v) is 16.6. The van der Waals surface area contributed by atoms with E-state index in [0.717, 1.165) is 64.2 Å². The van der Waals surface area contributed by atoms with Gasteiger partial charge in [0.15, 0.2) is 6.10 Å². The molecule has 0 radical (unpaired) electrons. The normalized spacial score (nSPS) is 12.7. The number of phosphoric acid groups is 1. The van der Waals surface area contributed by atoms with Gasteiger partial charge in [-0.3, -0.25) is 14.1 Å². The average molecular weight is 797 g/mol. The Morgan fingerprint density at radius 2 is 0.873 bits per heavy atom. The highest BCUT2D eigenvalue weighted by atomic mass is 31.2. The van der Waals surface area contributed by atoms with Crippen LogP contribution in [-0.4, -0.2) is 41.0 Å². The number of rotatable bonds is 42. The van der Waals surface area contributed by atoms with Gasteiger partial charge in [0.2, 0.25) is 0 Å². The Labute approximate surface area is 338 Å². The molecule has 0 saturated heterocycles. The van der Waals surface area contributed by atoms with Gasteiger partial charge in [0.25, 0.3) is 0 Å². The van der Waals surface area contributed by atoms with Gasteiger partial charge in [-0.15, -0.1) is 0 Å². The van der Waals surface area contributed by atoms with Crippen LogP contribution in [0, 0.1) is 0 Å². The fourth-order valence-corrected chi connectivity index (χ4v) is 6.93. The molecule has 0 bridgehead atoms. The van der Waals surface area contributed by atoms with Crippen molar-refractivity contribution in [1.82, 2.24) is 0 Å². The molecule has 0 aliphatic rings. The van der Waals surface area contributed by atoms with Crippen LogP contribution in [0.25, 0.3) is 0 Å². The molecule has 0 spiro atoms. The molecule has 1 unspecified atom stereocenters. The van der Waals surface area contributed by atoms with E-state index in [2.05, 4.69) is 54.8 Å². The van der Waals surface area contributed by atoms with Crippen LogP contribution >= 0.6 is 7.82 Å². The Kier molecular flexibility index (Phi) is 40.6. The summed E-state index contributed by atoms with van der Waals surface area (Å²) in [6.07, 6.45) is 50.1. The van der Waals surface area contributed by atoms with Crippen molar-refractivity contribution >= 4 is 19.8 Å². The lowest BCUT2D eigenvalue weighted by Gasteiger charge is -2.18. The molecule has 2 N–H and O–H groups in total. The van der Waals surface area contributed by atoms with Crippen LogP contribution in [0.3, 0.4) is 0 Å². The molecule has 0 aliphatic carbocycles. The van der Waals surface area contributed by atoms with E-state index in [1.807, 2.05) is 0 Å². The molecular formula is C46H85O8P. The summed E-state index contributed by atoms with van der Waals surface area (Å²) in [6.45, 7) is 3.60. The summed E-state index contributed by atoms with van der Waals surface area (Å²) in [5.74, 6) is -0.887. The summed E-state index contributed by atoms with van der Waals surface area (Å²) in [7, 11) is -4.76. The quantitative estimate of drug-likeness (QED) is 0.0271. The van der Waals surface area contributed by atoms with Crippen molar-refractivity contribution in [2.75, 3.05) is 13.2 Å². The maximum absolute atomic E-state index is 12.4. The average Bonchev–Trinajstić information content (AvgIpc) is 3.16. The number of allylic oxidation sites excluding steroid dienone is 6. The molecule has 9 heteroatoms. The minimum Gasteiger partial charge on any atom is -0.462 e. The molecule has 0 aromatic rings. The van der Waals surface area contributed by atoms with Crippen LogP contribution < -0.4 is 0 Å². The van der Waals surface area contributed by atoms with E-state index in [1.165, 1.54) is 128 Å². The van der Waals surface area contributed by atoms with Crippen LogP contribution in [0.2, 0.25) is 0 Å². The monoisotopic (exact) mass is 797 g/mol. The topological polar surface area (TPSA) is 119 Å². The van der Waals surface area contributed by atoms with Crippen molar-refractivity contribution < 1.29 is 37.9 Å². The van der Waals surface area contributed by atoms with Gasteiger partial charge in [-0.1, -0.05) is 204 Å². The van der Waals surface area contributed by atoms with Crippen molar-refractivity contribution in [1.29, 1.82) is 0 Å². The largest absolute Gasteiger partial charge is 0.469 e. The minimum absolute atomic E-state index is 0.202. The minimum atomic E-state index is -4.76. The molecule has 0 saturated carbocycles. The molecular weight excluding hydrogens is 711 g/mol. The molecule has 0 rings (SSSR count). The fourth-order valence-electron chi connectivity index (χ4n) is 6.57. The van der Waals surface area contributed by atoms with Crippen molar-refractivity contribution in [3.63, 3.8) is 0 Å². The molecule has 1 atom stereocenters. The predicted molar refractivity (Wildman–Crippen MR) is 230 cm³/mol. The molecule has 0 aromatic heterocycles. The van der Waals surface area contributed by atoms with Crippen LogP contribution in [0.5, 0.6) is 0 Å². The SMILES string of the molecule is CC/C=C\C/C=C\C/C=C\CCCCCCCCCC(=O)OC(COC(=O)CCCCCCCCCCCCCCCCCCCCCC)COP(=O)(O)O. The first-order valence-electron chi connectivity index (χ1n) is 22.8. The summed E-state index contributed by atoms with van der Waals surface area (Å²) in [5.41, 5.74) is 0. The van der Waals surface area contributed by atoms with E-state index in [9.17, 15) is 14.2 Å². The van der Waals surface area contributed by atoms with Gasteiger partial charge in [-0.2, -0.15) is 0 Å². The zero-order valence-electron chi connectivity index (χ0n) is 35.6. The number of ether oxygens (including phenoxy) is 2. The third-order valence-electron chi connectivity index (χ3n) is 9.92.